The number of nitrogens with zero attached hydrogens (tertiary/aromatic N) is 1. The molecule has 2 nitrogen and oxygen atoms in total. The van der Waals surface area contributed by atoms with Crippen molar-refractivity contribution in [3.63, 3.8) is 0 Å². The van der Waals surface area contributed by atoms with Gasteiger partial charge in [-0.15, -0.1) is 11.3 Å². The summed E-state index contributed by atoms with van der Waals surface area (Å²) in [5.41, 5.74) is 7.26. The van der Waals surface area contributed by atoms with E-state index in [2.05, 4.69) is 24.2 Å². The van der Waals surface area contributed by atoms with Gasteiger partial charge < -0.3 is 5.73 Å². The van der Waals surface area contributed by atoms with Crippen LogP contribution >= 0.6 is 11.3 Å². The third-order valence-corrected chi connectivity index (χ3v) is 3.41. The van der Waals surface area contributed by atoms with Crippen LogP contribution in [0.4, 0.5) is 0 Å². The average molecular weight is 212 g/mol. The standard InChI is InChI=1S/C11H20N2S/c1-4-5-8(2)11(12)6-10-7-14-9(3)13-10/h7-8,11H,4-6,12H2,1-3H3. The van der Waals surface area contributed by atoms with Crippen molar-refractivity contribution in [2.24, 2.45) is 11.7 Å². The Morgan fingerprint density at radius 1 is 1.57 bits per heavy atom. The van der Waals surface area contributed by atoms with E-state index in [1.807, 2.05) is 6.92 Å². The number of aromatic nitrogens is 1. The molecule has 3 heteroatoms. The smallest absolute Gasteiger partial charge is 0.0897 e. The molecular formula is C11H20N2S. The Bertz CT molecular complexity index is 270. The van der Waals surface area contributed by atoms with E-state index < -0.39 is 0 Å². The first-order chi connectivity index (χ1) is 6.63. The number of aryl methyl sites for hydroxylation is 1. The summed E-state index contributed by atoms with van der Waals surface area (Å²) < 4.78 is 0. The second kappa shape index (κ2) is 5.47. The monoisotopic (exact) mass is 212 g/mol. The average Bonchev–Trinajstić information content (AvgIpc) is 2.51. The molecule has 1 heterocycles. The fraction of sp³-hybridized carbons (Fsp3) is 0.727. The lowest BCUT2D eigenvalue weighted by Gasteiger charge is -2.17. The van der Waals surface area contributed by atoms with Crippen LogP contribution in [0.3, 0.4) is 0 Å². The van der Waals surface area contributed by atoms with Gasteiger partial charge in [-0.1, -0.05) is 20.3 Å². The van der Waals surface area contributed by atoms with Crippen molar-refractivity contribution in [2.45, 2.75) is 46.1 Å². The highest BCUT2D eigenvalue weighted by Crippen LogP contribution is 2.15. The zero-order chi connectivity index (χ0) is 10.6. The van der Waals surface area contributed by atoms with E-state index in [1.165, 1.54) is 12.8 Å². The molecule has 2 atom stereocenters. The van der Waals surface area contributed by atoms with Gasteiger partial charge in [-0.05, 0) is 19.3 Å². The largest absolute Gasteiger partial charge is 0.327 e. The van der Waals surface area contributed by atoms with Gasteiger partial charge in [0.1, 0.15) is 0 Å². The van der Waals surface area contributed by atoms with Crippen molar-refractivity contribution in [3.8, 4) is 0 Å². The van der Waals surface area contributed by atoms with Gasteiger partial charge in [-0.3, -0.25) is 0 Å². The Balaban J connectivity index is 2.43. The third kappa shape index (κ3) is 3.39. The highest BCUT2D eigenvalue weighted by Gasteiger charge is 2.13. The lowest BCUT2D eigenvalue weighted by molar-refractivity contribution is 0.418. The zero-order valence-electron chi connectivity index (χ0n) is 9.29. The van der Waals surface area contributed by atoms with Gasteiger partial charge in [0.05, 0.1) is 10.7 Å². The van der Waals surface area contributed by atoms with E-state index in [4.69, 9.17) is 5.73 Å². The first kappa shape index (κ1) is 11.7. The van der Waals surface area contributed by atoms with Crippen LogP contribution in [0.25, 0.3) is 0 Å². The van der Waals surface area contributed by atoms with Crippen LogP contribution in [0.2, 0.25) is 0 Å². The molecule has 2 N–H and O–H groups in total. The number of thiazole rings is 1. The topological polar surface area (TPSA) is 38.9 Å². The maximum atomic E-state index is 6.11. The minimum atomic E-state index is 0.261. The second-order valence-corrected chi connectivity index (χ2v) is 5.05. The Morgan fingerprint density at radius 2 is 2.29 bits per heavy atom. The van der Waals surface area contributed by atoms with Crippen LogP contribution in [0.1, 0.15) is 37.4 Å². The maximum Gasteiger partial charge on any atom is 0.0897 e. The molecule has 1 rings (SSSR count). The molecule has 1 aromatic rings. The summed E-state index contributed by atoms with van der Waals surface area (Å²) in [4.78, 5) is 4.43. The summed E-state index contributed by atoms with van der Waals surface area (Å²) in [6, 6.07) is 0.261. The molecule has 0 aliphatic carbocycles. The molecule has 1 aromatic heterocycles. The van der Waals surface area contributed by atoms with Crippen LogP contribution in [0.5, 0.6) is 0 Å². The summed E-state index contributed by atoms with van der Waals surface area (Å²) in [5.74, 6) is 0.599. The number of rotatable bonds is 5. The van der Waals surface area contributed by atoms with E-state index >= 15 is 0 Å². The Morgan fingerprint density at radius 3 is 2.79 bits per heavy atom. The Kier molecular flexibility index (Phi) is 4.55. The highest BCUT2D eigenvalue weighted by molar-refractivity contribution is 7.09. The Hall–Kier alpha value is -0.410. The molecule has 14 heavy (non-hydrogen) atoms. The Labute approximate surface area is 90.6 Å². The van der Waals surface area contributed by atoms with Crippen molar-refractivity contribution in [1.82, 2.24) is 4.98 Å². The predicted molar refractivity (Wildman–Crippen MR) is 62.6 cm³/mol. The molecule has 0 amide bonds. The van der Waals surface area contributed by atoms with Gasteiger partial charge in [0, 0.05) is 17.8 Å². The van der Waals surface area contributed by atoms with E-state index in [1.54, 1.807) is 11.3 Å². The van der Waals surface area contributed by atoms with Gasteiger partial charge in [0.15, 0.2) is 0 Å². The molecule has 2 unspecified atom stereocenters. The minimum absolute atomic E-state index is 0.261. The summed E-state index contributed by atoms with van der Waals surface area (Å²) >= 11 is 1.70. The van der Waals surface area contributed by atoms with E-state index in [9.17, 15) is 0 Å². The zero-order valence-corrected chi connectivity index (χ0v) is 10.1. The van der Waals surface area contributed by atoms with Crippen LogP contribution in [0.15, 0.2) is 5.38 Å². The maximum absolute atomic E-state index is 6.11. The number of nitrogens with two attached hydrogens (primary N) is 1. The van der Waals surface area contributed by atoms with Crippen molar-refractivity contribution in [1.29, 1.82) is 0 Å². The lowest BCUT2D eigenvalue weighted by Crippen LogP contribution is -2.30. The van der Waals surface area contributed by atoms with Crippen molar-refractivity contribution < 1.29 is 0 Å². The van der Waals surface area contributed by atoms with Crippen molar-refractivity contribution in [2.75, 3.05) is 0 Å². The van der Waals surface area contributed by atoms with E-state index in [0.29, 0.717) is 5.92 Å². The predicted octanol–water partition coefficient (Wildman–Crippen LogP) is 2.76. The van der Waals surface area contributed by atoms with Crippen molar-refractivity contribution in [3.05, 3.63) is 16.1 Å². The quantitative estimate of drug-likeness (QED) is 0.815. The molecular weight excluding hydrogens is 192 g/mol. The van der Waals surface area contributed by atoms with Crippen LogP contribution in [-0.4, -0.2) is 11.0 Å². The molecule has 0 saturated heterocycles. The number of hydrogen-bond donors (Lipinski definition) is 1. The fourth-order valence-electron chi connectivity index (χ4n) is 1.61. The molecule has 0 saturated carbocycles. The van der Waals surface area contributed by atoms with E-state index in [-0.39, 0.29) is 6.04 Å². The second-order valence-electron chi connectivity index (χ2n) is 3.99. The summed E-state index contributed by atoms with van der Waals surface area (Å²) in [5, 5.41) is 3.25. The molecule has 0 aromatic carbocycles. The summed E-state index contributed by atoms with van der Waals surface area (Å²) in [7, 11) is 0. The molecule has 0 aliphatic rings. The molecule has 0 radical (unpaired) electrons. The minimum Gasteiger partial charge on any atom is -0.327 e. The molecule has 0 aliphatic heterocycles. The van der Waals surface area contributed by atoms with Gasteiger partial charge in [0.25, 0.3) is 0 Å². The van der Waals surface area contributed by atoms with Crippen molar-refractivity contribution >= 4 is 11.3 Å². The highest BCUT2D eigenvalue weighted by atomic mass is 32.1. The summed E-state index contributed by atoms with van der Waals surface area (Å²) in [6.07, 6.45) is 3.35. The fourth-order valence-corrected chi connectivity index (χ4v) is 2.24. The SMILES string of the molecule is CCCC(C)C(N)Cc1csc(C)n1. The molecule has 0 fully saturated rings. The van der Waals surface area contributed by atoms with Gasteiger partial charge >= 0.3 is 0 Å². The van der Waals surface area contributed by atoms with Gasteiger partial charge in [-0.2, -0.15) is 0 Å². The first-order valence-electron chi connectivity index (χ1n) is 5.30. The lowest BCUT2D eigenvalue weighted by atomic mass is 9.94. The first-order valence-corrected chi connectivity index (χ1v) is 6.18. The molecule has 80 valence electrons. The third-order valence-electron chi connectivity index (χ3n) is 2.59. The normalized spacial score (nSPS) is 15.4. The van der Waals surface area contributed by atoms with Crippen LogP contribution in [-0.2, 0) is 6.42 Å². The van der Waals surface area contributed by atoms with Crippen LogP contribution < -0.4 is 5.73 Å². The van der Waals surface area contributed by atoms with Gasteiger partial charge in [0.2, 0.25) is 0 Å². The number of hydrogen-bond acceptors (Lipinski definition) is 3. The molecule has 0 spiro atoms. The van der Waals surface area contributed by atoms with Crippen LogP contribution in [0, 0.1) is 12.8 Å². The molecule has 0 bridgehead atoms. The van der Waals surface area contributed by atoms with E-state index in [0.717, 1.165) is 17.1 Å². The summed E-state index contributed by atoms with van der Waals surface area (Å²) in [6.45, 7) is 6.47. The van der Waals surface area contributed by atoms with Gasteiger partial charge in [-0.25, -0.2) is 4.98 Å².